The first kappa shape index (κ1) is 14.2. The summed E-state index contributed by atoms with van der Waals surface area (Å²) in [6, 6.07) is 4.93. The number of halogens is 1. The second-order valence-corrected chi connectivity index (χ2v) is 5.15. The number of nitrogens with one attached hydrogen (secondary N) is 1. The van der Waals surface area contributed by atoms with E-state index < -0.39 is 0 Å². The molecule has 0 aliphatic carbocycles. The van der Waals surface area contributed by atoms with Crippen LogP contribution in [0.1, 0.15) is 36.7 Å². The van der Waals surface area contributed by atoms with Crippen LogP contribution in [0.5, 0.6) is 0 Å². The molecule has 0 radical (unpaired) electrons. The lowest BCUT2D eigenvalue weighted by Gasteiger charge is -2.15. The number of para-hydroxylation sites is 1. The Morgan fingerprint density at radius 1 is 1.20 bits per heavy atom. The van der Waals surface area contributed by atoms with Gasteiger partial charge in [-0.3, -0.25) is 0 Å². The van der Waals surface area contributed by atoms with Gasteiger partial charge in [-0.25, -0.2) is 14.4 Å². The molecule has 0 amide bonds. The molecule has 0 spiro atoms. The van der Waals surface area contributed by atoms with Gasteiger partial charge in [0.1, 0.15) is 23.3 Å². The molecule has 1 aromatic heterocycles. The Balaban J connectivity index is 2.48. The molecule has 0 bridgehead atoms. The molecule has 2 rings (SSSR count). The topological polar surface area (TPSA) is 63.8 Å². The molecular weight excluding hydrogens is 255 g/mol. The van der Waals surface area contributed by atoms with Gasteiger partial charge in [-0.15, -0.1) is 0 Å². The van der Waals surface area contributed by atoms with Crippen molar-refractivity contribution in [3.05, 3.63) is 41.0 Å². The largest absolute Gasteiger partial charge is 0.383 e. The molecule has 5 heteroatoms. The summed E-state index contributed by atoms with van der Waals surface area (Å²) in [5.74, 6) is 1.45. The lowest BCUT2D eigenvalue weighted by atomic mass is 10.1. The van der Waals surface area contributed by atoms with Gasteiger partial charge in [0.2, 0.25) is 0 Å². The minimum absolute atomic E-state index is 0.153. The summed E-state index contributed by atoms with van der Waals surface area (Å²) >= 11 is 0. The third-order valence-corrected chi connectivity index (χ3v) is 3.18. The van der Waals surface area contributed by atoms with E-state index in [2.05, 4.69) is 15.3 Å². The summed E-state index contributed by atoms with van der Waals surface area (Å²) in [6.45, 7) is 7.64. The van der Waals surface area contributed by atoms with Gasteiger partial charge in [0.25, 0.3) is 0 Å². The van der Waals surface area contributed by atoms with Crippen LogP contribution in [-0.4, -0.2) is 9.97 Å². The van der Waals surface area contributed by atoms with E-state index in [0.717, 1.165) is 11.1 Å². The highest BCUT2D eigenvalue weighted by Crippen LogP contribution is 2.27. The number of nitrogens with two attached hydrogens (primary N) is 1. The van der Waals surface area contributed by atoms with E-state index >= 15 is 0 Å². The van der Waals surface area contributed by atoms with Crippen molar-refractivity contribution in [2.24, 2.45) is 0 Å². The van der Waals surface area contributed by atoms with E-state index in [1.54, 1.807) is 6.07 Å². The Labute approximate surface area is 118 Å². The third kappa shape index (κ3) is 2.71. The van der Waals surface area contributed by atoms with Crippen molar-refractivity contribution in [3.63, 3.8) is 0 Å². The van der Waals surface area contributed by atoms with Crippen LogP contribution in [0, 0.1) is 19.7 Å². The van der Waals surface area contributed by atoms with Gasteiger partial charge < -0.3 is 11.1 Å². The van der Waals surface area contributed by atoms with E-state index in [-0.39, 0.29) is 11.7 Å². The van der Waals surface area contributed by atoms with Crippen molar-refractivity contribution in [1.29, 1.82) is 0 Å². The molecule has 2 aromatic rings. The van der Waals surface area contributed by atoms with Crippen LogP contribution in [0.4, 0.5) is 21.7 Å². The van der Waals surface area contributed by atoms with Crippen LogP contribution in [0.3, 0.4) is 0 Å². The van der Waals surface area contributed by atoms with E-state index in [4.69, 9.17) is 5.73 Å². The summed E-state index contributed by atoms with van der Waals surface area (Å²) in [6.07, 6.45) is 0. The van der Waals surface area contributed by atoms with Crippen molar-refractivity contribution in [2.75, 3.05) is 11.1 Å². The van der Waals surface area contributed by atoms with Crippen molar-refractivity contribution in [3.8, 4) is 0 Å². The molecule has 0 atom stereocenters. The summed E-state index contributed by atoms with van der Waals surface area (Å²) in [7, 11) is 0. The fraction of sp³-hybridized carbons (Fsp3) is 0.333. The minimum atomic E-state index is -0.312. The molecule has 0 unspecified atom stereocenters. The van der Waals surface area contributed by atoms with Gasteiger partial charge in [-0.1, -0.05) is 26.0 Å². The second kappa shape index (κ2) is 5.45. The van der Waals surface area contributed by atoms with E-state index in [1.807, 2.05) is 33.8 Å². The maximum absolute atomic E-state index is 13.9. The Kier molecular flexibility index (Phi) is 3.88. The van der Waals surface area contributed by atoms with Gasteiger partial charge in [-0.2, -0.15) is 0 Å². The second-order valence-electron chi connectivity index (χ2n) is 5.15. The standard InChI is InChI=1S/C15H19FN4/c1-8(2)14-19-13(17)10(4)15(20-14)18-12-9(3)6-5-7-11(12)16/h5-8H,1-4H3,(H3,17,18,19,20). The molecule has 106 valence electrons. The number of aromatic nitrogens is 2. The fourth-order valence-corrected chi connectivity index (χ4v) is 1.84. The van der Waals surface area contributed by atoms with Crippen molar-refractivity contribution in [2.45, 2.75) is 33.6 Å². The predicted molar refractivity (Wildman–Crippen MR) is 79.7 cm³/mol. The maximum Gasteiger partial charge on any atom is 0.146 e. The van der Waals surface area contributed by atoms with Crippen molar-refractivity contribution in [1.82, 2.24) is 9.97 Å². The zero-order valence-electron chi connectivity index (χ0n) is 12.2. The van der Waals surface area contributed by atoms with Gasteiger partial charge in [0.15, 0.2) is 0 Å². The molecule has 0 aliphatic heterocycles. The van der Waals surface area contributed by atoms with Crippen molar-refractivity contribution < 1.29 is 4.39 Å². The minimum Gasteiger partial charge on any atom is -0.383 e. The lowest BCUT2D eigenvalue weighted by molar-refractivity contribution is 0.630. The van der Waals surface area contributed by atoms with Crippen LogP contribution >= 0.6 is 0 Å². The van der Waals surface area contributed by atoms with E-state index in [1.165, 1.54) is 6.07 Å². The quantitative estimate of drug-likeness (QED) is 0.896. The van der Waals surface area contributed by atoms with Crippen LogP contribution < -0.4 is 11.1 Å². The number of hydrogen-bond acceptors (Lipinski definition) is 4. The highest BCUT2D eigenvalue weighted by atomic mass is 19.1. The molecule has 0 saturated heterocycles. The molecular formula is C15H19FN4. The number of benzene rings is 1. The number of nitrogens with zero attached hydrogens (tertiary/aromatic N) is 2. The van der Waals surface area contributed by atoms with Crippen LogP contribution in [0.25, 0.3) is 0 Å². The van der Waals surface area contributed by atoms with Gasteiger partial charge in [0, 0.05) is 11.5 Å². The summed E-state index contributed by atoms with van der Waals surface area (Å²) < 4.78 is 13.9. The highest BCUT2D eigenvalue weighted by Gasteiger charge is 2.13. The lowest BCUT2D eigenvalue weighted by Crippen LogP contribution is -2.09. The molecule has 3 N–H and O–H groups in total. The Bertz CT molecular complexity index is 618. The Morgan fingerprint density at radius 3 is 2.50 bits per heavy atom. The molecule has 0 saturated carbocycles. The SMILES string of the molecule is Cc1cccc(F)c1Nc1nc(C(C)C)nc(N)c1C. The van der Waals surface area contributed by atoms with Crippen LogP contribution in [0.15, 0.2) is 18.2 Å². The first-order chi connectivity index (χ1) is 9.40. The summed E-state index contributed by atoms with van der Waals surface area (Å²) in [4.78, 5) is 8.69. The molecule has 1 aromatic carbocycles. The Morgan fingerprint density at radius 2 is 1.90 bits per heavy atom. The molecule has 0 fully saturated rings. The van der Waals surface area contributed by atoms with Crippen molar-refractivity contribution >= 4 is 17.3 Å². The number of rotatable bonds is 3. The maximum atomic E-state index is 13.9. The zero-order valence-corrected chi connectivity index (χ0v) is 12.2. The average Bonchev–Trinajstić information content (AvgIpc) is 2.38. The van der Waals surface area contributed by atoms with Gasteiger partial charge in [-0.05, 0) is 25.5 Å². The first-order valence-electron chi connectivity index (χ1n) is 6.56. The number of hydrogen-bond donors (Lipinski definition) is 2. The van der Waals surface area contributed by atoms with E-state index in [0.29, 0.717) is 23.1 Å². The molecule has 0 aliphatic rings. The number of aryl methyl sites for hydroxylation is 1. The Hall–Kier alpha value is -2.17. The third-order valence-electron chi connectivity index (χ3n) is 3.18. The fourth-order valence-electron chi connectivity index (χ4n) is 1.84. The first-order valence-corrected chi connectivity index (χ1v) is 6.56. The summed E-state index contributed by atoms with van der Waals surface area (Å²) in [5, 5.41) is 3.04. The monoisotopic (exact) mass is 274 g/mol. The average molecular weight is 274 g/mol. The zero-order chi connectivity index (χ0) is 14.9. The number of anilines is 3. The molecule has 1 heterocycles. The van der Waals surface area contributed by atoms with Crippen LogP contribution in [0.2, 0.25) is 0 Å². The highest BCUT2D eigenvalue weighted by molar-refractivity contribution is 5.66. The normalized spacial score (nSPS) is 10.9. The van der Waals surface area contributed by atoms with E-state index in [9.17, 15) is 4.39 Å². The van der Waals surface area contributed by atoms with Gasteiger partial charge >= 0.3 is 0 Å². The van der Waals surface area contributed by atoms with Crippen LogP contribution in [-0.2, 0) is 0 Å². The molecule has 4 nitrogen and oxygen atoms in total. The predicted octanol–water partition coefficient (Wildman–Crippen LogP) is 3.68. The number of nitrogen functional groups attached to an aromatic ring is 1. The smallest absolute Gasteiger partial charge is 0.146 e. The van der Waals surface area contributed by atoms with Gasteiger partial charge in [0.05, 0.1) is 5.69 Å². The summed E-state index contributed by atoms with van der Waals surface area (Å²) in [5.41, 5.74) is 7.86. The molecule has 20 heavy (non-hydrogen) atoms.